The highest BCUT2D eigenvalue weighted by atomic mass is 16.5. The molecule has 5 heteroatoms. The fourth-order valence-corrected chi connectivity index (χ4v) is 1.78. The molecule has 0 spiro atoms. The van der Waals surface area contributed by atoms with Crippen molar-refractivity contribution >= 4 is 6.03 Å². The van der Waals surface area contributed by atoms with Gasteiger partial charge in [0.1, 0.15) is 5.75 Å². The van der Waals surface area contributed by atoms with Gasteiger partial charge >= 0.3 is 6.03 Å². The first-order valence-corrected chi connectivity index (χ1v) is 5.45. The van der Waals surface area contributed by atoms with Crippen LogP contribution in [-0.2, 0) is 0 Å². The summed E-state index contributed by atoms with van der Waals surface area (Å²) < 4.78 is 5.34. The van der Waals surface area contributed by atoms with Crippen molar-refractivity contribution in [2.75, 3.05) is 13.2 Å². The van der Waals surface area contributed by atoms with Crippen LogP contribution in [0.1, 0.15) is 18.5 Å². The number of ether oxygens (including phenoxy) is 1. The van der Waals surface area contributed by atoms with Gasteiger partial charge < -0.3 is 10.1 Å². The van der Waals surface area contributed by atoms with Gasteiger partial charge in [0.15, 0.2) is 6.19 Å². The second-order valence-electron chi connectivity index (χ2n) is 3.71. The second-order valence-corrected chi connectivity index (χ2v) is 3.71. The molecule has 1 atom stereocenters. The minimum Gasteiger partial charge on any atom is -0.494 e. The maximum absolute atomic E-state index is 11.3. The molecule has 1 aliphatic rings. The Kier molecular flexibility index (Phi) is 3.15. The monoisotopic (exact) mass is 231 g/mol. The number of rotatable bonds is 3. The van der Waals surface area contributed by atoms with Gasteiger partial charge in [-0.3, -0.25) is 0 Å². The summed E-state index contributed by atoms with van der Waals surface area (Å²) in [6.45, 7) is 2.93. The van der Waals surface area contributed by atoms with Crippen LogP contribution in [-0.4, -0.2) is 24.1 Å². The van der Waals surface area contributed by atoms with Crippen LogP contribution in [0.4, 0.5) is 4.79 Å². The molecule has 0 bridgehead atoms. The molecule has 2 rings (SSSR count). The van der Waals surface area contributed by atoms with E-state index >= 15 is 0 Å². The zero-order valence-electron chi connectivity index (χ0n) is 9.51. The number of nitrogens with one attached hydrogen (secondary N) is 1. The molecule has 1 aromatic carbocycles. The zero-order chi connectivity index (χ0) is 12.3. The van der Waals surface area contributed by atoms with Gasteiger partial charge in [0.2, 0.25) is 0 Å². The van der Waals surface area contributed by atoms with Gasteiger partial charge in [0, 0.05) is 0 Å². The lowest BCUT2D eigenvalue weighted by Gasteiger charge is -2.10. The Morgan fingerprint density at radius 1 is 1.53 bits per heavy atom. The molecule has 0 saturated carbocycles. The van der Waals surface area contributed by atoms with Gasteiger partial charge in [-0.15, -0.1) is 0 Å². The van der Waals surface area contributed by atoms with E-state index in [1.165, 1.54) is 0 Å². The molecule has 17 heavy (non-hydrogen) atoms. The summed E-state index contributed by atoms with van der Waals surface area (Å²) in [5.74, 6) is 0.803. The highest BCUT2D eigenvalue weighted by Gasteiger charge is 2.29. The first-order valence-electron chi connectivity index (χ1n) is 5.45. The smallest absolute Gasteiger partial charge is 0.331 e. The topological polar surface area (TPSA) is 65.4 Å². The summed E-state index contributed by atoms with van der Waals surface area (Å²) in [5, 5.41) is 11.5. The van der Waals surface area contributed by atoms with Crippen LogP contribution in [0.2, 0.25) is 0 Å². The van der Waals surface area contributed by atoms with Gasteiger partial charge in [0.05, 0.1) is 19.2 Å². The van der Waals surface area contributed by atoms with Crippen LogP contribution in [0, 0.1) is 11.5 Å². The van der Waals surface area contributed by atoms with E-state index in [9.17, 15) is 4.79 Å². The standard InChI is InChI=1S/C12H13N3O2/c1-2-17-10-5-3-9(4-6-10)11-7-15(8-13)12(16)14-11/h3-6,11H,2,7H2,1H3,(H,14,16). The molecule has 0 radical (unpaired) electrons. The summed E-state index contributed by atoms with van der Waals surface area (Å²) in [6.07, 6.45) is 1.84. The number of nitrogens with zero attached hydrogens (tertiary/aromatic N) is 2. The summed E-state index contributed by atoms with van der Waals surface area (Å²) >= 11 is 0. The lowest BCUT2D eigenvalue weighted by molar-refractivity contribution is 0.232. The summed E-state index contributed by atoms with van der Waals surface area (Å²) in [4.78, 5) is 12.4. The van der Waals surface area contributed by atoms with Gasteiger partial charge in [-0.05, 0) is 24.6 Å². The third kappa shape index (κ3) is 2.31. The Hall–Kier alpha value is -2.22. The molecular weight excluding hydrogens is 218 g/mol. The first kappa shape index (κ1) is 11.3. The molecule has 5 nitrogen and oxygen atoms in total. The molecule has 1 N–H and O–H groups in total. The molecule has 2 amide bonds. The number of benzene rings is 1. The highest BCUT2D eigenvalue weighted by Crippen LogP contribution is 2.22. The van der Waals surface area contributed by atoms with Crippen LogP contribution in [0.15, 0.2) is 24.3 Å². The third-order valence-electron chi connectivity index (χ3n) is 2.62. The molecule has 1 aromatic rings. The van der Waals surface area contributed by atoms with E-state index in [4.69, 9.17) is 10.00 Å². The number of carbonyl (C=O) groups excluding carboxylic acids is 1. The Labute approximate surface area is 99.6 Å². The Bertz CT molecular complexity index is 450. The molecule has 1 fully saturated rings. The van der Waals surface area contributed by atoms with Crippen LogP contribution in [0.3, 0.4) is 0 Å². The van der Waals surface area contributed by atoms with Gasteiger partial charge in [0.25, 0.3) is 0 Å². The predicted molar refractivity (Wildman–Crippen MR) is 61.2 cm³/mol. The molecule has 1 saturated heterocycles. The number of hydrogen-bond donors (Lipinski definition) is 1. The molecule has 1 aliphatic heterocycles. The lowest BCUT2D eigenvalue weighted by atomic mass is 10.1. The van der Waals surface area contributed by atoms with Crippen molar-refractivity contribution in [2.24, 2.45) is 0 Å². The molecule has 1 unspecified atom stereocenters. The van der Waals surface area contributed by atoms with E-state index in [0.29, 0.717) is 13.2 Å². The van der Waals surface area contributed by atoms with Crippen molar-refractivity contribution < 1.29 is 9.53 Å². The number of carbonyl (C=O) groups is 1. The SMILES string of the molecule is CCOc1ccc(C2CN(C#N)C(=O)N2)cc1. The average Bonchev–Trinajstić information content (AvgIpc) is 2.72. The molecule has 0 aromatic heterocycles. The van der Waals surface area contributed by atoms with Gasteiger partial charge in [-0.25, -0.2) is 9.69 Å². The fraction of sp³-hybridized carbons (Fsp3) is 0.333. The maximum Gasteiger partial charge on any atom is 0.331 e. The number of urea groups is 1. The van der Waals surface area contributed by atoms with E-state index in [-0.39, 0.29) is 12.1 Å². The summed E-state index contributed by atoms with van der Waals surface area (Å²) in [5.41, 5.74) is 0.972. The van der Waals surface area contributed by atoms with E-state index in [2.05, 4.69) is 5.32 Å². The van der Waals surface area contributed by atoms with Crippen molar-refractivity contribution in [3.63, 3.8) is 0 Å². The van der Waals surface area contributed by atoms with Crippen LogP contribution in [0.25, 0.3) is 0 Å². The third-order valence-corrected chi connectivity index (χ3v) is 2.62. The largest absolute Gasteiger partial charge is 0.494 e. The van der Waals surface area contributed by atoms with Crippen LogP contribution < -0.4 is 10.1 Å². The maximum atomic E-state index is 11.3. The van der Waals surface area contributed by atoms with Crippen LogP contribution in [0.5, 0.6) is 5.75 Å². The molecule has 88 valence electrons. The number of hydrogen-bond acceptors (Lipinski definition) is 3. The molecule has 1 heterocycles. The Morgan fingerprint density at radius 2 is 2.24 bits per heavy atom. The van der Waals surface area contributed by atoms with E-state index < -0.39 is 0 Å². The van der Waals surface area contributed by atoms with Crippen molar-refractivity contribution in [1.29, 1.82) is 5.26 Å². The number of nitriles is 1. The minimum absolute atomic E-state index is 0.127. The molecule has 0 aliphatic carbocycles. The van der Waals surface area contributed by atoms with Crippen molar-refractivity contribution in [3.05, 3.63) is 29.8 Å². The van der Waals surface area contributed by atoms with Crippen molar-refractivity contribution in [1.82, 2.24) is 10.2 Å². The normalized spacial score (nSPS) is 18.7. The Balaban J connectivity index is 2.09. The highest BCUT2D eigenvalue weighted by molar-refractivity contribution is 5.78. The van der Waals surface area contributed by atoms with Gasteiger partial charge in [-0.1, -0.05) is 12.1 Å². The second kappa shape index (κ2) is 4.74. The Morgan fingerprint density at radius 3 is 2.76 bits per heavy atom. The predicted octanol–water partition coefficient (Wildman–Crippen LogP) is 1.63. The zero-order valence-corrected chi connectivity index (χ0v) is 9.51. The van der Waals surface area contributed by atoms with Crippen molar-refractivity contribution in [3.8, 4) is 11.9 Å². The fourth-order valence-electron chi connectivity index (χ4n) is 1.78. The first-order chi connectivity index (χ1) is 8.24. The lowest BCUT2D eigenvalue weighted by Crippen LogP contribution is -2.23. The summed E-state index contributed by atoms with van der Waals surface area (Å²) in [6, 6.07) is 7.05. The minimum atomic E-state index is -0.341. The van der Waals surface area contributed by atoms with E-state index in [0.717, 1.165) is 16.2 Å². The average molecular weight is 231 g/mol. The number of amides is 2. The van der Waals surface area contributed by atoms with E-state index in [1.54, 1.807) is 0 Å². The van der Waals surface area contributed by atoms with Crippen LogP contribution >= 0.6 is 0 Å². The summed E-state index contributed by atoms with van der Waals surface area (Å²) in [7, 11) is 0. The quantitative estimate of drug-likeness (QED) is 0.804. The van der Waals surface area contributed by atoms with E-state index in [1.807, 2.05) is 37.4 Å². The van der Waals surface area contributed by atoms with Crippen molar-refractivity contribution in [2.45, 2.75) is 13.0 Å². The molecular formula is C12H13N3O2. The van der Waals surface area contributed by atoms with Gasteiger partial charge in [-0.2, -0.15) is 5.26 Å².